The summed E-state index contributed by atoms with van der Waals surface area (Å²) in [6, 6.07) is 13.9. The van der Waals surface area contributed by atoms with Crippen LogP contribution in [0.15, 0.2) is 66.9 Å². The van der Waals surface area contributed by atoms with Crippen molar-refractivity contribution in [1.82, 2.24) is 15.2 Å². The van der Waals surface area contributed by atoms with Crippen LogP contribution in [0.2, 0.25) is 0 Å². The number of benzene rings is 2. The van der Waals surface area contributed by atoms with Crippen molar-refractivity contribution in [2.45, 2.75) is 0 Å². The van der Waals surface area contributed by atoms with Crippen molar-refractivity contribution >= 4 is 11.7 Å². The topological polar surface area (TPSA) is 70.7 Å². The third-order valence-corrected chi connectivity index (χ3v) is 4.23. The molecule has 2 heterocycles. The molecule has 2 aromatic heterocycles. The summed E-state index contributed by atoms with van der Waals surface area (Å²) in [6.45, 7) is 0. The fraction of sp³-hybridized carbons (Fsp3) is 0. The molecule has 0 atom stereocenters. The van der Waals surface area contributed by atoms with Gasteiger partial charge in [0, 0.05) is 11.8 Å². The standard InChI is InChI=1S/C21H13F3N4O/c22-14-5-2-1-4-13(14)21(29)26-19-9-8-12(11-25-19)17-10-18(28-27-17)20-15(23)6-3-7-16(20)24/h1-11H,(H,27,28)(H,25,26,29). The number of anilines is 1. The van der Waals surface area contributed by atoms with Crippen LogP contribution in [0.5, 0.6) is 0 Å². The molecule has 0 unspecified atom stereocenters. The van der Waals surface area contributed by atoms with E-state index in [1.165, 1.54) is 42.6 Å². The summed E-state index contributed by atoms with van der Waals surface area (Å²) in [5.74, 6) is -2.45. The zero-order chi connectivity index (χ0) is 20.4. The summed E-state index contributed by atoms with van der Waals surface area (Å²) in [5, 5.41) is 9.17. The molecule has 0 spiro atoms. The number of nitrogens with zero attached hydrogens (tertiary/aromatic N) is 2. The van der Waals surface area contributed by atoms with Crippen LogP contribution in [0.4, 0.5) is 19.0 Å². The highest BCUT2D eigenvalue weighted by Gasteiger charge is 2.15. The number of aromatic amines is 1. The van der Waals surface area contributed by atoms with Gasteiger partial charge in [-0.1, -0.05) is 18.2 Å². The molecule has 0 saturated heterocycles. The van der Waals surface area contributed by atoms with Crippen LogP contribution in [0.1, 0.15) is 10.4 Å². The predicted molar refractivity (Wildman–Crippen MR) is 102 cm³/mol. The van der Waals surface area contributed by atoms with Crippen LogP contribution in [0.3, 0.4) is 0 Å². The highest BCUT2D eigenvalue weighted by Crippen LogP contribution is 2.28. The molecule has 4 rings (SSSR count). The molecular formula is C21H13F3N4O. The van der Waals surface area contributed by atoms with Gasteiger partial charge >= 0.3 is 0 Å². The van der Waals surface area contributed by atoms with E-state index in [2.05, 4.69) is 20.5 Å². The number of aromatic nitrogens is 3. The maximum atomic E-state index is 13.9. The molecule has 0 fully saturated rings. The number of H-pyrrole nitrogens is 1. The zero-order valence-corrected chi connectivity index (χ0v) is 14.8. The van der Waals surface area contributed by atoms with Gasteiger partial charge in [-0.25, -0.2) is 18.2 Å². The van der Waals surface area contributed by atoms with E-state index in [-0.39, 0.29) is 22.6 Å². The Morgan fingerprint density at radius 2 is 1.62 bits per heavy atom. The van der Waals surface area contributed by atoms with Crippen molar-refractivity contribution in [2.24, 2.45) is 0 Å². The predicted octanol–water partition coefficient (Wildman–Crippen LogP) is 4.81. The molecule has 0 radical (unpaired) electrons. The molecule has 0 saturated carbocycles. The number of carbonyl (C=O) groups excluding carboxylic acids is 1. The lowest BCUT2D eigenvalue weighted by molar-refractivity contribution is 0.102. The molecule has 0 aliphatic heterocycles. The van der Waals surface area contributed by atoms with Gasteiger partial charge < -0.3 is 5.32 Å². The summed E-state index contributed by atoms with van der Waals surface area (Å²) in [4.78, 5) is 16.2. The van der Waals surface area contributed by atoms with E-state index in [9.17, 15) is 18.0 Å². The molecular weight excluding hydrogens is 381 g/mol. The number of hydrogen-bond acceptors (Lipinski definition) is 3. The highest BCUT2D eigenvalue weighted by atomic mass is 19.1. The second-order valence-electron chi connectivity index (χ2n) is 6.13. The summed E-state index contributed by atoms with van der Waals surface area (Å²) in [7, 11) is 0. The van der Waals surface area contributed by atoms with Gasteiger partial charge in [0.05, 0.1) is 22.5 Å². The number of pyridine rings is 1. The number of carbonyl (C=O) groups is 1. The van der Waals surface area contributed by atoms with E-state index in [1.807, 2.05) is 0 Å². The fourth-order valence-electron chi connectivity index (χ4n) is 2.80. The van der Waals surface area contributed by atoms with Gasteiger partial charge in [0.1, 0.15) is 23.3 Å². The van der Waals surface area contributed by atoms with Gasteiger partial charge in [0.15, 0.2) is 0 Å². The van der Waals surface area contributed by atoms with Gasteiger partial charge in [0.25, 0.3) is 5.91 Å². The number of rotatable bonds is 4. The van der Waals surface area contributed by atoms with Crippen LogP contribution >= 0.6 is 0 Å². The fourth-order valence-corrected chi connectivity index (χ4v) is 2.80. The number of amides is 1. The van der Waals surface area contributed by atoms with E-state index >= 15 is 0 Å². The average Bonchev–Trinajstić information content (AvgIpc) is 3.18. The van der Waals surface area contributed by atoms with E-state index in [0.29, 0.717) is 11.3 Å². The van der Waals surface area contributed by atoms with E-state index in [0.717, 1.165) is 12.1 Å². The Balaban J connectivity index is 1.54. The molecule has 144 valence electrons. The minimum absolute atomic E-state index is 0.0952. The van der Waals surface area contributed by atoms with Gasteiger partial charge in [-0.3, -0.25) is 9.89 Å². The van der Waals surface area contributed by atoms with Crippen molar-refractivity contribution in [3.8, 4) is 22.5 Å². The Kier molecular flexibility index (Phi) is 4.82. The Hall–Kier alpha value is -3.94. The Labute approximate surface area is 163 Å². The number of hydrogen-bond donors (Lipinski definition) is 2. The van der Waals surface area contributed by atoms with Crippen molar-refractivity contribution in [1.29, 1.82) is 0 Å². The molecule has 2 N–H and O–H groups in total. The zero-order valence-electron chi connectivity index (χ0n) is 14.8. The monoisotopic (exact) mass is 394 g/mol. The van der Waals surface area contributed by atoms with Crippen LogP contribution in [0.25, 0.3) is 22.5 Å². The molecule has 0 bridgehead atoms. The maximum absolute atomic E-state index is 13.9. The minimum atomic E-state index is -0.704. The van der Waals surface area contributed by atoms with Gasteiger partial charge in [-0.15, -0.1) is 0 Å². The second-order valence-corrected chi connectivity index (χ2v) is 6.13. The molecule has 0 aliphatic carbocycles. The summed E-state index contributed by atoms with van der Waals surface area (Å²) in [6.07, 6.45) is 1.44. The average molecular weight is 394 g/mol. The van der Waals surface area contributed by atoms with Crippen LogP contribution < -0.4 is 5.32 Å². The Bertz CT molecular complexity index is 1170. The first-order valence-corrected chi connectivity index (χ1v) is 8.55. The third kappa shape index (κ3) is 3.73. The third-order valence-electron chi connectivity index (χ3n) is 4.23. The Morgan fingerprint density at radius 3 is 2.31 bits per heavy atom. The molecule has 0 aliphatic rings. The second kappa shape index (κ2) is 7.59. The lowest BCUT2D eigenvalue weighted by atomic mass is 10.1. The first-order valence-electron chi connectivity index (χ1n) is 8.55. The molecule has 29 heavy (non-hydrogen) atoms. The van der Waals surface area contributed by atoms with E-state index in [4.69, 9.17) is 0 Å². The number of nitrogens with one attached hydrogen (secondary N) is 2. The molecule has 5 nitrogen and oxygen atoms in total. The first kappa shape index (κ1) is 18.4. The van der Waals surface area contributed by atoms with Crippen molar-refractivity contribution in [3.05, 3.63) is 89.9 Å². The molecule has 2 aromatic carbocycles. The minimum Gasteiger partial charge on any atom is -0.306 e. The highest BCUT2D eigenvalue weighted by molar-refractivity contribution is 6.03. The van der Waals surface area contributed by atoms with Crippen molar-refractivity contribution < 1.29 is 18.0 Å². The Morgan fingerprint density at radius 1 is 0.897 bits per heavy atom. The van der Waals surface area contributed by atoms with Gasteiger partial charge in [-0.05, 0) is 42.5 Å². The molecule has 4 aromatic rings. The van der Waals surface area contributed by atoms with E-state index < -0.39 is 23.4 Å². The largest absolute Gasteiger partial charge is 0.306 e. The smallest absolute Gasteiger partial charge is 0.259 e. The van der Waals surface area contributed by atoms with Crippen molar-refractivity contribution in [2.75, 3.05) is 5.32 Å². The molecule has 8 heteroatoms. The lowest BCUT2D eigenvalue weighted by Gasteiger charge is -2.05. The first-order chi connectivity index (χ1) is 14.0. The van der Waals surface area contributed by atoms with Crippen molar-refractivity contribution in [3.63, 3.8) is 0 Å². The van der Waals surface area contributed by atoms with Gasteiger partial charge in [-0.2, -0.15) is 5.10 Å². The van der Waals surface area contributed by atoms with Gasteiger partial charge in [0.2, 0.25) is 0 Å². The SMILES string of the molecule is O=C(Nc1ccc(-c2cc(-c3c(F)cccc3F)[nH]n2)cn1)c1ccccc1F. The summed E-state index contributed by atoms with van der Waals surface area (Å²) < 4.78 is 41.5. The normalized spacial score (nSPS) is 10.7. The van der Waals surface area contributed by atoms with Crippen LogP contribution in [0, 0.1) is 17.5 Å². The molecule has 1 amide bonds. The lowest BCUT2D eigenvalue weighted by Crippen LogP contribution is -2.14. The van der Waals surface area contributed by atoms with Crippen LogP contribution in [-0.4, -0.2) is 21.1 Å². The summed E-state index contributed by atoms with van der Waals surface area (Å²) in [5.41, 5.74) is 0.873. The quantitative estimate of drug-likeness (QED) is 0.522. The maximum Gasteiger partial charge on any atom is 0.259 e. The summed E-state index contributed by atoms with van der Waals surface area (Å²) >= 11 is 0. The number of halogens is 3. The van der Waals surface area contributed by atoms with E-state index in [1.54, 1.807) is 12.1 Å². The van der Waals surface area contributed by atoms with Crippen LogP contribution in [-0.2, 0) is 0 Å².